The second kappa shape index (κ2) is 7.33. The van der Waals surface area contributed by atoms with Crippen molar-refractivity contribution < 1.29 is 9.47 Å². The van der Waals surface area contributed by atoms with E-state index in [1.807, 2.05) is 0 Å². The van der Waals surface area contributed by atoms with E-state index in [9.17, 15) is 0 Å². The van der Waals surface area contributed by atoms with Crippen molar-refractivity contribution in [3.8, 4) is 0 Å². The number of nitrogen functional groups attached to an aromatic ring is 2. The van der Waals surface area contributed by atoms with E-state index in [0.29, 0.717) is 11.4 Å². The zero-order valence-electron chi connectivity index (χ0n) is 19.9. The third-order valence-electron chi connectivity index (χ3n) is 8.11. The smallest absolute Gasteiger partial charge is 0.0851 e. The van der Waals surface area contributed by atoms with Gasteiger partial charge in [0.2, 0.25) is 0 Å². The van der Waals surface area contributed by atoms with Crippen LogP contribution in [0, 0.1) is 0 Å². The topological polar surface area (TPSA) is 77.1 Å². The lowest BCUT2D eigenvalue weighted by Gasteiger charge is -2.22. The minimum absolute atomic E-state index is 0.227. The van der Waals surface area contributed by atoms with Gasteiger partial charge in [-0.3, -0.25) is 0 Å². The van der Waals surface area contributed by atoms with E-state index in [1.165, 1.54) is 48.7 Å². The molecule has 2 saturated heterocycles. The van der Waals surface area contributed by atoms with Crippen LogP contribution in [-0.4, -0.2) is 25.4 Å². The minimum atomic E-state index is 0.227. The summed E-state index contributed by atoms with van der Waals surface area (Å²) in [7, 11) is 0. The van der Waals surface area contributed by atoms with E-state index in [1.54, 1.807) is 0 Å². The van der Waals surface area contributed by atoms with E-state index in [0.717, 1.165) is 42.4 Å². The Morgan fingerprint density at radius 1 is 0.528 bits per heavy atom. The van der Waals surface area contributed by atoms with E-state index in [-0.39, 0.29) is 12.2 Å². The van der Waals surface area contributed by atoms with Gasteiger partial charge in [0.05, 0.1) is 36.8 Å². The van der Waals surface area contributed by atoms with Gasteiger partial charge in [-0.25, -0.2) is 0 Å². The summed E-state index contributed by atoms with van der Waals surface area (Å²) in [5, 5.41) is 12.1. The Kier molecular flexibility index (Phi) is 4.14. The fourth-order valence-electron chi connectivity index (χ4n) is 6.26. The third-order valence-corrected chi connectivity index (χ3v) is 8.11. The molecule has 36 heavy (non-hydrogen) atoms. The maximum Gasteiger partial charge on any atom is 0.0851 e. The molecule has 4 N–H and O–H groups in total. The van der Waals surface area contributed by atoms with Gasteiger partial charge in [-0.2, -0.15) is 0 Å². The maximum atomic E-state index is 6.95. The van der Waals surface area contributed by atoms with E-state index in [2.05, 4.69) is 72.8 Å². The Morgan fingerprint density at radius 2 is 1.11 bits per heavy atom. The van der Waals surface area contributed by atoms with Crippen LogP contribution in [0.5, 0.6) is 0 Å². The van der Waals surface area contributed by atoms with Gasteiger partial charge in [0.25, 0.3) is 0 Å². The van der Waals surface area contributed by atoms with Crippen LogP contribution in [-0.2, 0) is 22.3 Å². The number of fused-ring (bicyclic) bond motifs is 10. The van der Waals surface area contributed by atoms with Crippen molar-refractivity contribution in [3.63, 3.8) is 0 Å². The van der Waals surface area contributed by atoms with Crippen molar-refractivity contribution in [2.45, 2.75) is 25.0 Å². The molecule has 2 heterocycles. The largest absolute Gasteiger partial charge is 0.397 e. The summed E-state index contributed by atoms with van der Waals surface area (Å²) >= 11 is 0. The standard InChI is InChI=1S/C32H26N2O2/c33-31-26(14-20-16-36-20)25(13-19-15-35-19)29-23-8-4-3-7-22(23)28-24(30(29)32(31)34)12-11-18-10-9-17-5-1-2-6-21(17)27(18)28/h1-12,19-20H,13-16,33-34H2. The second-order valence-electron chi connectivity index (χ2n) is 10.3. The Labute approximate surface area is 208 Å². The van der Waals surface area contributed by atoms with E-state index >= 15 is 0 Å². The van der Waals surface area contributed by atoms with Gasteiger partial charge in [0.15, 0.2) is 0 Å². The SMILES string of the molecule is Nc1c(CC2CO2)c(CC2CO2)c2c3ccccc3c3c(ccc4ccc5ccccc5c43)c2c1N. The molecule has 4 heteroatoms. The lowest BCUT2D eigenvalue weighted by molar-refractivity contribution is 0.402. The molecule has 0 aromatic heterocycles. The highest BCUT2D eigenvalue weighted by atomic mass is 16.6. The van der Waals surface area contributed by atoms with Crippen molar-refractivity contribution in [3.05, 3.63) is 83.9 Å². The van der Waals surface area contributed by atoms with Gasteiger partial charge in [0.1, 0.15) is 0 Å². The van der Waals surface area contributed by atoms with Crippen LogP contribution in [0.1, 0.15) is 11.1 Å². The summed E-state index contributed by atoms with van der Waals surface area (Å²) in [6.45, 7) is 1.58. The van der Waals surface area contributed by atoms with Gasteiger partial charge < -0.3 is 20.9 Å². The second-order valence-corrected chi connectivity index (χ2v) is 10.3. The Balaban J connectivity index is 1.64. The molecule has 176 valence electrons. The zero-order chi connectivity index (χ0) is 24.0. The molecular formula is C32H26N2O2. The summed E-state index contributed by atoms with van der Waals surface area (Å²) in [5.74, 6) is 0. The predicted molar refractivity (Wildman–Crippen MR) is 150 cm³/mol. The summed E-state index contributed by atoms with van der Waals surface area (Å²) < 4.78 is 11.3. The molecule has 6 aromatic carbocycles. The summed E-state index contributed by atoms with van der Waals surface area (Å²) in [6, 6.07) is 26.3. The van der Waals surface area contributed by atoms with Crippen LogP contribution in [0.3, 0.4) is 0 Å². The van der Waals surface area contributed by atoms with E-state index < -0.39 is 0 Å². The molecule has 0 spiro atoms. The number of ether oxygens (including phenoxy) is 2. The predicted octanol–water partition coefficient (Wildman–Crippen LogP) is 6.50. The first kappa shape index (κ1) is 20.3. The summed E-state index contributed by atoms with van der Waals surface area (Å²) in [4.78, 5) is 0. The molecule has 0 bridgehead atoms. The van der Waals surface area contributed by atoms with Crippen molar-refractivity contribution in [1.82, 2.24) is 0 Å². The van der Waals surface area contributed by atoms with Gasteiger partial charge in [0, 0.05) is 18.2 Å². The molecule has 0 saturated carbocycles. The number of hydrogen-bond acceptors (Lipinski definition) is 4. The highest BCUT2D eigenvalue weighted by Crippen LogP contribution is 2.48. The molecule has 6 aromatic rings. The average molecular weight is 471 g/mol. The average Bonchev–Trinajstić information content (AvgIpc) is 3.84. The number of hydrogen-bond donors (Lipinski definition) is 2. The Hall–Kier alpha value is -3.86. The lowest BCUT2D eigenvalue weighted by atomic mass is 9.83. The van der Waals surface area contributed by atoms with Crippen LogP contribution >= 0.6 is 0 Å². The van der Waals surface area contributed by atoms with Gasteiger partial charge >= 0.3 is 0 Å². The van der Waals surface area contributed by atoms with E-state index in [4.69, 9.17) is 20.9 Å². The minimum Gasteiger partial charge on any atom is -0.397 e. The van der Waals surface area contributed by atoms with Crippen molar-refractivity contribution in [2.75, 3.05) is 24.7 Å². The van der Waals surface area contributed by atoms with Crippen molar-refractivity contribution >= 4 is 65.2 Å². The normalized spacial score (nSPS) is 19.1. The highest BCUT2D eigenvalue weighted by molar-refractivity contribution is 6.37. The van der Waals surface area contributed by atoms with Gasteiger partial charge in [-0.1, -0.05) is 72.8 Å². The zero-order valence-corrected chi connectivity index (χ0v) is 19.9. The molecule has 2 aliphatic heterocycles. The van der Waals surface area contributed by atoms with Crippen molar-refractivity contribution in [1.29, 1.82) is 0 Å². The van der Waals surface area contributed by atoms with Gasteiger partial charge in [-0.05, 0) is 59.6 Å². The molecule has 0 aliphatic carbocycles. The first-order chi connectivity index (χ1) is 17.7. The quantitative estimate of drug-likeness (QED) is 0.175. The lowest BCUT2D eigenvalue weighted by Crippen LogP contribution is -2.11. The third kappa shape index (κ3) is 2.89. The molecule has 8 rings (SSSR count). The molecule has 4 nitrogen and oxygen atoms in total. The number of rotatable bonds is 4. The summed E-state index contributed by atoms with van der Waals surface area (Å²) in [6.07, 6.45) is 2.10. The van der Waals surface area contributed by atoms with Crippen LogP contribution < -0.4 is 11.5 Å². The number of anilines is 2. The molecule has 2 fully saturated rings. The van der Waals surface area contributed by atoms with Crippen LogP contribution in [0.15, 0.2) is 72.8 Å². The number of benzene rings is 6. The molecule has 2 atom stereocenters. The first-order valence-electron chi connectivity index (χ1n) is 12.7. The monoisotopic (exact) mass is 470 g/mol. The Bertz CT molecular complexity index is 1880. The highest BCUT2D eigenvalue weighted by Gasteiger charge is 2.32. The van der Waals surface area contributed by atoms with Crippen molar-refractivity contribution in [2.24, 2.45) is 0 Å². The molecule has 0 radical (unpaired) electrons. The first-order valence-corrected chi connectivity index (χ1v) is 12.7. The number of epoxide rings is 2. The number of nitrogens with two attached hydrogens (primary N) is 2. The molecule has 2 unspecified atom stereocenters. The van der Waals surface area contributed by atoms with Crippen LogP contribution in [0.4, 0.5) is 11.4 Å². The fraction of sp³-hybridized carbons (Fsp3) is 0.188. The summed E-state index contributed by atoms with van der Waals surface area (Å²) in [5.41, 5.74) is 17.6. The fourth-order valence-corrected chi connectivity index (χ4v) is 6.26. The Morgan fingerprint density at radius 3 is 1.83 bits per heavy atom. The van der Waals surface area contributed by atoms with Crippen LogP contribution in [0.25, 0.3) is 53.9 Å². The van der Waals surface area contributed by atoms with Gasteiger partial charge in [-0.15, -0.1) is 0 Å². The molecule has 2 aliphatic rings. The molecular weight excluding hydrogens is 444 g/mol. The maximum absolute atomic E-state index is 6.95. The molecule has 0 amide bonds. The van der Waals surface area contributed by atoms with Crippen LogP contribution in [0.2, 0.25) is 0 Å².